The Morgan fingerprint density at radius 3 is 2.08 bits per heavy atom. The minimum Gasteiger partial charge on any atom is -0.392 e. The van der Waals surface area contributed by atoms with Gasteiger partial charge in [0.1, 0.15) is 0 Å². The van der Waals surface area contributed by atoms with E-state index in [0.29, 0.717) is 12.0 Å². The molecule has 1 saturated carbocycles. The zero-order valence-corrected chi connectivity index (χ0v) is 9.33. The van der Waals surface area contributed by atoms with Crippen molar-refractivity contribution in [1.29, 1.82) is 0 Å². The summed E-state index contributed by atoms with van der Waals surface area (Å²) >= 11 is 0. The summed E-state index contributed by atoms with van der Waals surface area (Å²) in [5.41, 5.74) is 0. The molecule has 0 aromatic carbocycles. The lowest BCUT2D eigenvalue weighted by Crippen LogP contribution is -2.43. The third-order valence-electron chi connectivity index (χ3n) is 2.81. The van der Waals surface area contributed by atoms with E-state index in [1.807, 2.05) is 6.92 Å². The molecule has 0 spiro atoms. The second kappa shape index (κ2) is 4.43. The Balaban J connectivity index is 2.45. The normalized spacial score (nSPS) is 22.4. The van der Waals surface area contributed by atoms with E-state index >= 15 is 0 Å². The minimum absolute atomic E-state index is 0.209. The van der Waals surface area contributed by atoms with Crippen LogP contribution in [0.5, 0.6) is 0 Å². The van der Waals surface area contributed by atoms with Gasteiger partial charge < -0.3 is 5.11 Å². The van der Waals surface area contributed by atoms with E-state index in [2.05, 4.69) is 25.7 Å². The van der Waals surface area contributed by atoms with Crippen LogP contribution in [0.3, 0.4) is 0 Å². The quantitative estimate of drug-likeness (QED) is 0.707. The van der Waals surface area contributed by atoms with E-state index in [-0.39, 0.29) is 6.10 Å². The predicted molar refractivity (Wildman–Crippen MR) is 55.7 cm³/mol. The maximum atomic E-state index is 9.54. The van der Waals surface area contributed by atoms with Crippen LogP contribution < -0.4 is 0 Å². The molecule has 0 aromatic heterocycles. The summed E-state index contributed by atoms with van der Waals surface area (Å²) in [4.78, 5) is 2.47. The summed E-state index contributed by atoms with van der Waals surface area (Å²) in [5.74, 6) is 0.696. The molecule has 13 heavy (non-hydrogen) atoms. The van der Waals surface area contributed by atoms with Crippen molar-refractivity contribution in [2.75, 3.05) is 6.54 Å². The number of hydrogen-bond donors (Lipinski definition) is 1. The van der Waals surface area contributed by atoms with Crippen LogP contribution in [-0.4, -0.2) is 34.7 Å². The average molecular weight is 185 g/mol. The van der Waals surface area contributed by atoms with Crippen LogP contribution in [0.4, 0.5) is 0 Å². The smallest absolute Gasteiger partial charge is 0.0664 e. The van der Waals surface area contributed by atoms with E-state index in [4.69, 9.17) is 0 Å². The monoisotopic (exact) mass is 185 g/mol. The molecule has 2 atom stereocenters. The van der Waals surface area contributed by atoms with E-state index in [9.17, 15) is 5.11 Å². The van der Waals surface area contributed by atoms with Gasteiger partial charge >= 0.3 is 0 Å². The van der Waals surface area contributed by atoms with Crippen molar-refractivity contribution in [1.82, 2.24) is 4.90 Å². The van der Waals surface area contributed by atoms with Crippen LogP contribution in [0, 0.1) is 5.92 Å². The van der Waals surface area contributed by atoms with Gasteiger partial charge in [-0.05, 0) is 32.6 Å². The molecule has 2 nitrogen and oxygen atoms in total. The Labute approximate surface area is 81.9 Å². The summed E-state index contributed by atoms with van der Waals surface area (Å²) in [7, 11) is 0. The first kappa shape index (κ1) is 11.0. The van der Waals surface area contributed by atoms with Gasteiger partial charge in [-0.15, -0.1) is 0 Å². The maximum Gasteiger partial charge on any atom is 0.0664 e. The van der Waals surface area contributed by atoms with Gasteiger partial charge in [-0.25, -0.2) is 0 Å². The highest BCUT2D eigenvalue weighted by Gasteiger charge is 2.33. The molecule has 2 unspecified atom stereocenters. The summed E-state index contributed by atoms with van der Waals surface area (Å²) in [6.45, 7) is 9.62. The number of hydrogen-bond acceptors (Lipinski definition) is 2. The number of rotatable bonds is 5. The van der Waals surface area contributed by atoms with E-state index in [0.717, 1.165) is 12.6 Å². The van der Waals surface area contributed by atoms with Crippen LogP contribution in [0.25, 0.3) is 0 Å². The highest BCUT2D eigenvalue weighted by atomic mass is 16.3. The van der Waals surface area contributed by atoms with Crippen molar-refractivity contribution in [3.05, 3.63) is 0 Å². The Kier molecular flexibility index (Phi) is 3.74. The van der Waals surface area contributed by atoms with Crippen LogP contribution in [0.15, 0.2) is 0 Å². The fourth-order valence-corrected chi connectivity index (χ4v) is 1.75. The first-order chi connectivity index (χ1) is 6.02. The molecule has 0 radical (unpaired) electrons. The van der Waals surface area contributed by atoms with E-state index in [1.165, 1.54) is 12.8 Å². The highest BCUT2D eigenvalue weighted by Crippen LogP contribution is 2.30. The molecular weight excluding hydrogens is 162 g/mol. The summed E-state index contributed by atoms with van der Waals surface area (Å²) in [6, 6.07) is 1.07. The fourth-order valence-electron chi connectivity index (χ4n) is 1.75. The van der Waals surface area contributed by atoms with Gasteiger partial charge in [0, 0.05) is 18.6 Å². The number of aliphatic hydroxyl groups is 1. The third kappa shape index (κ3) is 3.28. The number of nitrogens with zero attached hydrogens (tertiary/aromatic N) is 1. The molecule has 0 aromatic rings. The van der Waals surface area contributed by atoms with E-state index < -0.39 is 0 Å². The first-order valence-corrected chi connectivity index (χ1v) is 5.46. The lowest BCUT2D eigenvalue weighted by Gasteiger charge is -2.32. The molecule has 1 fully saturated rings. The van der Waals surface area contributed by atoms with Crippen molar-refractivity contribution >= 4 is 0 Å². The zero-order valence-electron chi connectivity index (χ0n) is 9.33. The molecule has 0 heterocycles. The van der Waals surface area contributed by atoms with Crippen LogP contribution in [0.2, 0.25) is 0 Å². The molecule has 2 heteroatoms. The summed E-state index contributed by atoms with van der Waals surface area (Å²) < 4.78 is 0. The Bertz CT molecular complexity index is 152. The standard InChI is InChI=1S/C11H23NO/c1-8(2)7-12(11-5-6-11)9(3)10(4)13/h8-11,13H,5-7H2,1-4H3. The third-order valence-corrected chi connectivity index (χ3v) is 2.81. The minimum atomic E-state index is -0.209. The predicted octanol–water partition coefficient (Wildman–Crippen LogP) is 1.88. The molecule has 0 saturated heterocycles. The largest absolute Gasteiger partial charge is 0.392 e. The second-order valence-corrected chi connectivity index (χ2v) is 4.80. The van der Waals surface area contributed by atoms with Crippen molar-refractivity contribution in [3.63, 3.8) is 0 Å². The molecule has 78 valence electrons. The average Bonchev–Trinajstić information content (AvgIpc) is 2.80. The van der Waals surface area contributed by atoms with Gasteiger partial charge in [-0.1, -0.05) is 13.8 Å². The van der Waals surface area contributed by atoms with Gasteiger partial charge in [-0.3, -0.25) is 4.90 Å². The second-order valence-electron chi connectivity index (χ2n) is 4.80. The summed E-state index contributed by atoms with van der Waals surface area (Å²) in [5, 5.41) is 9.54. The van der Waals surface area contributed by atoms with Gasteiger partial charge in [0.25, 0.3) is 0 Å². The van der Waals surface area contributed by atoms with Crippen LogP contribution in [-0.2, 0) is 0 Å². The lowest BCUT2D eigenvalue weighted by molar-refractivity contribution is 0.0583. The van der Waals surface area contributed by atoms with Gasteiger partial charge in [0.15, 0.2) is 0 Å². The van der Waals surface area contributed by atoms with Gasteiger partial charge in [0.2, 0.25) is 0 Å². The Morgan fingerprint density at radius 1 is 1.23 bits per heavy atom. The summed E-state index contributed by atoms with van der Waals surface area (Å²) in [6.07, 6.45) is 2.44. The molecule has 0 amide bonds. The maximum absolute atomic E-state index is 9.54. The zero-order chi connectivity index (χ0) is 10.0. The fraction of sp³-hybridized carbons (Fsp3) is 1.00. The lowest BCUT2D eigenvalue weighted by atomic mass is 10.1. The number of aliphatic hydroxyl groups excluding tert-OH is 1. The molecule has 1 aliphatic rings. The van der Waals surface area contributed by atoms with Gasteiger partial charge in [0.05, 0.1) is 6.10 Å². The molecule has 0 aliphatic heterocycles. The van der Waals surface area contributed by atoms with Crippen LogP contribution in [0.1, 0.15) is 40.5 Å². The van der Waals surface area contributed by atoms with Gasteiger partial charge in [-0.2, -0.15) is 0 Å². The van der Waals surface area contributed by atoms with Crippen molar-refractivity contribution in [3.8, 4) is 0 Å². The molecule has 1 rings (SSSR count). The topological polar surface area (TPSA) is 23.5 Å². The van der Waals surface area contributed by atoms with Crippen molar-refractivity contribution in [2.24, 2.45) is 5.92 Å². The first-order valence-electron chi connectivity index (χ1n) is 5.46. The van der Waals surface area contributed by atoms with Crippen molar-refractivity contribution in [2.45, 2.75) is 58.7 Å². The molecular formula is C11H23NO. The Morgan fingerprint density at radius 2 is 1.77 bits per heavy atom. The highest BCUT2D eigenvalue weighted by molar-refractivity contribution is 4.89. The molecule has 1 N–H and O–H groups in total. The van der Waals surface area contributed by atoms with Crippen LogP contribution >= 0.6 is 0 Å². The van der Waals surface area contributed by atoms with E-state index in [1.54, 1.807) is 0 Å². The SMILES string of the molecule is CC(C)CN(C1CC1)C(C)C(C)O. The molecule has 0 bridgehead atoms. The Hall–Kier alpha value is -0.0800. The molecule has 1 aliphatic carbocycles. The van der Waals surface area contributed by atoms with Crippen molar-refractivity contribution < 1.29 is 5.11 Å².